The number of alkyl halides is 3. The van der Waals surface area contributed by atoms with Crippen LogP contribution in [0.3, 0.4) is 0 Å². The molecular weight excluding hydrogens is 375 g/mol. The normalized spacial score (nSPS) is 10.9. The van der Waals surface area contributed by atoms with E-state index in [-0.39, 0.29) is 33.8 Å². The fourth-order valence-corrected chi connectivity index (χ4v) is 2.64. The Bertz CT molecular complexity index is 1090. The Balaban J connectivity index is 2.25. The first kappa shape index (κ1) is 18.8. The molecule has 3 rings (SSSR count). The van der Waals surface area contributed by atoms with Crippen molar-refractivity contribution in [1.82, 2.24) is 4.98 Å². The molecule has 0 spiro atoms. The third-order valence-corrected chi connectivity index (χ3v) is 3.76. The minimum atomic E-state index is -4.91. The minimum Gasteiger partial charge on any atom is -0.405 e. The Morgan fingerprint density at radius 3 is 2.43 bits per heavy atom. The highest BCUT2D eigenvalue weighted by atomic mass is 19.4. The number of non-ortho nitro benzene ring substituents is 1. The number of hydrogen-bond acceptors (Lipinski definition) is 5. The zero-order chi connectivity index (χ0) is 20.3. The highest BCUT2D eigenvalue weighted by Crippen LogP contribution is 2.40. The van der Waals surface area contributed by atoms with Gasteiger partial charge in [0, 0.05) is 23.3 Å². The van der Waals surface area contributed by atoms with Crippen molar-refractivity contribution in [2.24, 2.45) is 0 Å². The first-order chi connectivity index (χ1) is 13.3. The molecule has 28 heavy (non-hydrogen) atoms. The Hall–Kier alpha value is -3.93. The molecule has 1 aromatic heterocycles. The second-order valence-corrected chi connectivity index (χ2v) is 5.55. The minimum absolute atomic E-state index is 0.0646. The molecule has 9 heteroatoms. The van der Waals surface area contributed by atoms with Gasteiger partial charge in [-0.1, -0.05) is 24.3 Å². The number of nitrogens with zero attached hydrogens (tertiary/aromatic N) is 3. The molecule has 0 aliphatic carbocycles. The average molecular weight is 385 g/mol. The van der Waals surface area contributed by atoms with E-state index in [1.165, 1.54) is 54.6 Å². The summed E-state index contributed by atoms with van der Waals surface area (Å²) >= 11 is 0. The van der Waals surface area contributed by atoms with E-state index in [2.05, 4.69) is 9.72 Å². The number of nitro groups is 1. The number of nitro benzene ring substituents is 1. The molecule has 0 saturated heterocycles. The molecular formula is C19H10F3N3O3. The van der Waals surface area contributed by atoms with Crippen LogP contribution in [-0.2, 0) is 0 Å². The quantitative estimate of drug-likeness (QED) is 0.461. The van der Waals surface area contributed by atoms with Gasteiger partial charge in [-0.25, -0.2) is 4.98 Å². The lowest BCUT2D eigenvalue weighted by atomic mass is 9.96. The van der Waals surface area contributed by atoms with Crippen LogP contribution >= 0.6 is 0 Å². The van der Waals surface area contributed by atoms with Gasteiger partial charge in [0.05, 0.1) is 10.6 Å². The van der Waals surface area contributed by atoms with Crippen LogP contribution < -0.4 is 4.74 Å². The topological polar surface area (TPSA) is 89.0 Å². The number of halogens is 3. The number of ether oxygens (including phenoxy) is 1. The fraction of sp³-hybridized carbons (Fsp3) is 0.0526. The van der Waals surface area contributed by atoms with Crippen LogP contribution in [0.5, 0.6) is 5.75 Å². The summed E-state index contributed by atoms with van der Waals surface area (Å²) in [6.45, 7) is 0. The summed E-state index contributed by atoms with van der Waals surface area (Å²) in [7, 11) is 0. The Labute approximate surface area is 156 Å². The first-order valence-electron chi connectivity index (χ1n) is 7.79. The van der Waals surface area contributed by atoms with Gasteiger partial charge in [-0.3, -0.25) is 10.1 Å². The second-order valence-electron chi connectivity index (χ2n) is 5.55. The third-order valence-electron chi connectivity index (χ3n) is 3.76. The predicted octanol–water partition coefficient (Wildman–Crippen LogP) is 5.09. The SMILES string of the molecule is N#Cc1cccc(-c2cc([N+](=O)[O-])ccc2-c2ccccc2OC(F)(F)F)n1. The van der Waals surface area contributed by atoms with Crippen LogP contribution in [-0.4, -0.2) is 16.3 Å². The molecule has 0 aliphatic heterocycles. The van der Waals surface area contributed by atoms with Crippen molar-refractivity contribution in [3.63, 3.8) is 0 Å². The van der Waals surface area contributed by atoms with Crippen molar-refractivity contribution in [1.29, 1.82) is 5.26 Å². The smallest absolute Gasteiger partial charge is 0.405 e. The van der Waals surface area contributed by atoms with Gasteiger partial charge in [-0.15, -0.1) is 13.2 Å². The molecule has 1 heterocycles. The van der Waals surface area contributed by atoms with Gasteiger partial charge in [0.2, 0.25) is 0 Å². The summed E-state index contributed by atoms with van der Waals surface area (Å²) in [5, 5.41) is 20.2. The van der Waals surface area contributed by atoms with E-state index in [1.54, 1.807) is 0 Å². The standard InChI is InChI=1S/C19H10F3N3O3/c20-19(21,22)28-18-7-2-1-5-15(18)14-9-8-13(25(26)27)10-16(14)17-6-3-4-12(11-23)24-17/h1-10H. The van der Waals surface area contributed by atoms with Crippen molar-refractivity contribution in [3.8, 4) is 34.2 Å². The molecule has 2 aromatic carbocycles. The molecule has 0 amide bonds. The number of pyridine rings is 1. The third kappa shape index (κ3) is 4.07. The zero-order valence-corrected chi connectivity index (χ0v) is 14.0. The largest absolute Gasteiger partial charge is 0.573 e. The Kier molecular flexibility index (Phi) is 4.96. The lowest BCUT2D eigenvalue weighted by Crippen LogP contribution is -2.17. The lowest BCUT2D eigenvalue weighted by molar-refractivity contribution is -0.384. The van der Waals surface area contributed by atoms with E-state index in [0.717, 1.165) is 6.07 Å². The summed E-state index contributed by atoms with van der Waals surface area (Å²) in [5.74, 6) is -0.457. The summed E-state index contributed by atoms with van der Waals surface area (Å²) in [6.07, 6.45) is -4.91. The average Bonchev–Trinajstić information content (AvgIpc) is 2.67. The number of benzene rings is 2. The maximum atomic E-state index is 12.8. The van der Waals surface area contributed by atoms with Crippen LogP contribution in [0.1, 0.15) is 5.69 Å². The van der Waals surface area contributed by atoms with Crippen LogP contribution in [0.25, 0.3) is 22.4 Å². The number of aromatic nitrogens is 1. The van der Waals surface area contributed by atoms with Crippen molar-refractivity contribution < 1.29 is 22.8 Å². The molecule has 0 radical (unpaired) electrons. The second kappa shape index (κ2) is 7.36. The molecule has 0 aliphatic rings. The van der Waals surface area contributed by atoms with E-state index in [4.69, 9.17) is 5.26 Å². The molecule has 6 nitrogen and oxygen atoms in total. The number of nitriles is 1. The fourth-order valence-electron chi connectivity index (χ4n) is 2.64. The molecule has 0 fully saturated rings. The van der Waals surface area contributed by atoms with Crippen LogP contribution in [0.2, 0.25) is 0 Å². The van der Waals surface area contributed by atoms with Gasteiger partial charge >= 0.3 is 6.36 Å². The molecule has 140 valence electrons. The van der Waals surface area contributed by atoms with Crippen LogP contribution in [0.15, 0.2) is 60.7 Å². The van der Waals surface area contributed by atoms with E-state index >= 15 is 0 Å². The van der Waals surface area contributed by atoms with E-state index in [0.29, 0.717) is 0 Å². The maximum Gasteiger partial charge on any atom is 0.573 e. The zero-order valence-electron chi connectivity index (χ0n) is 14.0. The summed E-state index contributed by atoms with van der Waals surface area (Å²) in [5.41, 5.74) is 0.526. The number of hydrogen-bond donors (Lipinski definition) is 0. The van der Waals surface area contributed by atoms with Gasteiger partial charge in [-0.05, 0) is 29.8 Å². The monoisotopic (exact) mass is 385 g/mol. The van der Waals surface area contributed by atoms with Crippen LogP contribution in [0, 0.1) is 21.4 Å². The molecule has 0 unspecified atom stereocenters. The molecule has 0 saturated carbocycles. The van der Waals surface area contributed by atoms with Gasteiger partial charge in [0.25, 0.3) is 5.69 Å². The molecule has 0 bridgehead atoms. The van der Waals surface area contributed by atoms with Crippen molar-refractivity contribution in [2.75, 3.05) is 0 Å². The number of rotatable bonds is 4. The Morgan fingerprint density at radius 1 is 1.00 bits per heavy atom. The van der Waals surface area contributed by atoms with Crippen molar-refractivity contribution in [2.45, 2.75) is 6.36 Å². The number of para-hydroxylation sites is 1. The summed E-state index contributed by atoms with van der Waals surface area (Å²) < 4.78 is 42.4. The van der Waals surface area contributed by atoms with Crippen molar-refractivity contribution >= 4 is 5.69 Å². The summed E-state index contributed by atoms with van der Waals surface area (Å²) in [6, 6.07) is 15.5. The maximum absolute atomic E-state index is 12.8. The molecule has 3 aromatic rings. The highest BCUT2D eigenvalue weighted by Gasteiger charge is 2.32. The highest BCUT2D eigenvalue weighted by molar-refractivity contribution is 5.86. The van der Waals surface area contributed by atoms with E-state index in [9.17, 15) is 23.3 Å². The molecule has 0 N–H and O–H groups in total. The van der Waals surface area contributed by atoms with Crippen LogP contribution in [0.4, 0.5) is 18.9 Å². The van der Waals surface area contributed by atoms with E-state index in [1.807, 2.05) is 6.07 Å². The Morgan fingerprint density at radius 2 is 1.75 bits per heavy atom. The van der Waals surface area contributed by atoms with E-state index < -0.39 is 17.0 Å². The van der Waals surface area contributed by atoms with Gasteiger partial charge in [0.15, 0.2) is 0 Å². The predicted molar refractivity (Wildman–Crippen MR) is 93.2 cm³/mol. The first-order valence-corrected chi connectivity index (χ1v) is 7.79. The van der Waals surface area contributed by atoms with Crippen molar-refractivity contribution in [3.05, 3.63) is 76.5 Å². The van der Waals surface area contributed by atoms with Gasteiger partial charge in [-0.2, -0.15) is 5.26 Å². The summed E-state index contributed by atoms with van der Waals surface area (Å²) in [4.78, 5) is 14.6. The molecule has 0 atom stereocenters. The van der Waals surface area contributed by atoms with Gasteiger partial charge < -0.3 is 4.74 Å². The van der Waals surface area contributed by atoms with Gasteiger partial charge in [0.1, 0.15) is 17.5 Å². The lowest BCUT2D eigenvalue weighted by Gasteiger charge is -2.15.